The van der Waals surface area contributed by atoms with Gasteiger partial charge in [0.2, 0.25) is 0 Å². The minimum Gasteiger partial charge on any atom is -0.456 e. The molecule has 0 amide bonds. The van der Waals surface area contributed by atoms with E-state index in [4.69, 9.17) is 19.4 Å². The van der Waals surface area contributed by atoms with Crippen molar-refractivity contribution in [2.75, 3.05) is 0 Å². The van der Waals surface area contributed by atoms with Crippen molar-refractivity contribution in [3.8, 4) is 67.5 Å². The van der Waals surface area contributed by atoms with E-state index in [2.05, 4.69) is 170 Å². The molecule has 0 saturated carbocycles. The summed E-state index contributed by atoms with van der Waals surface area (Å²) >= 11 is 1.78. The predicted octanol–water partition coefficient (Wildman–Crippen LogP) is 14.1. The second-order valence-corrected chi connectivity index (χ2v) is 15.0. The fourth-order valence-electron chi connectivity index (χ4n) is 7.89. The van der Waals surface area contributed by atoms with Crippen molar-refractivity contribution in [1.29, 1.82) is 0 Å². The van der Waals surface area contributed by atoms with Gasteiger partial charge in [-0.05, 0) is 63.7 Å². The van der Waals surface area contributed by atoms with Gasteiger partial charge >= 0.3 is 0 Å². The van der Waals surface area contributed by atoms with E-state index in [0.717, 1.165) is 72.0 Å². The van der Waals surface area contributed by atoms with E-state index < -0.39 is 0 Å². The maximum Gasteiger partial charge on any atom is 0.165 e. The summed E-state index contributed by atoms with van der Waals surface area (Å²) < 4.78 is 8.50. The number of fused-ring (bicyclic) bond motifs is 6. The van der Waals surface area contributed by atoms with Crippen LogP contribution in [0.1, 0.15) is 0 Å². The molecular formula is C51H31N3OS. The number of hydrogen-bond donors (Lipinski definition) is 0. The number of thiophene rings is 1. The van der Waals surface area contributed by atoms with Crippen molar-refractivity contribution in [3.63, 3.8) is 0 Å². The van der Waals surface area contributed by atoms with Crippen LogP contribution in [0.3, 0.4) is 0 Å². The number of nitrogens with zero attached hydrogens (tertiary/aromatic N) is 3. The lowest BCUT2D eigenvalue weighted by molar-refractivity contribution is 0.669. The van der Waals surface area contributed by atoms with Gasteiger partial charge in [-0.1, -0.05) is 158 Å². The van der Waals surface area contributed by atoms with Crippen LogP contribution in [-0.4, -0.2) is 15.0 Å². The first-order chi connectivity index (χ1) is 27.7. The maximum atomic E-state index is 6.10. The highest BCUT2D eigenvalue weighted by Crippen LogP contribution is 2.41. The summed E-state index contributed by atoms with van der Waals surface area (Å²) in [6.07, 6.45) is 0. The van der Waals surface area contributed by atoms with Crippen LogP contribution in [0.25, 0.3) is 110 Å². The van der Waals surface area contributed by atoms with Crippen LogP contribution in [-0.2, 0) is 0 Å². The zero-order chi connectivity index (χ0) is 37.0. The van der Waals surface area contributed by atoms with Crippen LogP contribution in [0.15, 0.2) is 192 Å². The standard InChI is InChI=1S/C51H31N3OS/c1-2-13-33(14-3-1)36-15-4-6-19-41(36)49-52-50(54-51(53-49)43-22-12-21-40-39-18-9-11-24-47(39)56-48(40)43)42-20-7-5-16-37(42)34-27-25-32(26-28-34)35-29-30-46-44(31-35)38-17-8-10-23-45(38)55-46/h1-31H. The Labute approximate surface area is 327 Å². The van der Waals surface area contributed by atoms with Crippen LogP contribution in [0, 0.1) is 0 Å². The minimum absolute atomic E-state index is 0.628. The molecule has 0 unspecified atom stereocenters. The Kier molecular flexibility index (Phi) is 7.64. The summed E-state index contributed by atoms with van der Waals surface area (Å²) in [5, 5.41) is 4.69. The quantitative estimate of drug-likeness (QED) is 0.171. The Balaban J connectivity index is 1.07. The first-order valence-corrected chi connectivity index (χ1v) is 19.5. The lowest BCUT2D eigenvalue weighted by Crippen LogP contribution is -2.02. The molecule has 11 rings (SSSR count). The van der Waals surface area contributed by atoms with Crippen LogP contribution >= 0.6 is 11.3 Å². The summed E-state index contributed by atoms with van der Waals surface area (Å²) in [6, 6.07) is 65.6. The van der Waals surface area contributed by atoms with Gasteiger partial charge < -0.3 is 4.42 Å². The molecule has 8 aromatic carbocycles. The van der Waals surface area contributed by atoms with Gasteiger partial charge in [0.05, 0.1) is 0 Å². The van der Waals surface area contributed by atoms with Crippen LogP contribution in [0.4, 0.5) is 0 Å². The summed E-state index contributed by atoms with van der Waals surface area (Å²) in [5.74, 6) is 1.91. The second kappa shape index (κ2) is 13.3. The van der Waals surface area contributed by atoms with Crippen molar-refractivity contribution in [1.82, 2.24) is 15.0 Å². The Morgan fingerprint density at radius 3 is 1.55 bits per heavy atom. The number of rotatable bonds is 6. The van der Waals surface area contributed by atoms with Crippen LogP contribution in [0.5, 0.6) is 0 Å². The SMILES string of the molecule is c1ccc(-c2ccccc2-c2nc(-c3ccccc3-c3ccc(-c4ccc5oc6ccccc6c5c4)cc3)nc(-c3cccc4c3sc3ccccc34)n2)cc1. The molecule has 56 heavy (non-hydrogen) atoms. The molecule has 0 spiro atoms. The second-order valence-electron chi connectivity index (χ2n) is 13.9. The lowest BCUT2D eigenvalue weighted by atomic mass is 9.96. The van der Waals surface area contributed by atoms with Gasteiger partial charge in [0.15, 0.2) is 17.5 Å². The maximum absolute atomic E-state index is 6.10. The molecule has 5 heteroatoms. The molecule has 0 aliphatic carbocycles. The summed E-state index contributed by atoms with van der Waals surface area (Å²) in [6.45, 7) is 0. The molecule has 0 aliphatic rings. The number of benzene rings is 8. The fraction of sp³-hybridized carbons (Fsp3) is 0. The molecule has 11 aromatic rings. The average Bonchev–Trinajstić information content (AvgIpc) is 3.85. The Morgan fingerprint density at radius 2 is 0.821 bits per heavy atom. The summed E-state index contributed by atoms with van der Waals surface area (Å²) in [7, 11) is 0. The monoisotopic (exact) mass is 733 g/mol. The molecule has 3 heterocycles. The smallest absolute Gasteiger partial charge is 0.165 e. The molecule has 0 atom stereocenters. The van der Waals surface area contributed by atoms with E-state index in [1.807, 2.05) is 18.2 Å². The van der Waals surface area contributed by atoms with E-state index in [1.54, 1.807) is 11.3 Å². The first kappa shape index (κ1) is 32.2. The zero-order valence-electron chi connectivity index (χ0n) is 30.1. The lowest BCUT2D eigenvalue weighted by Gasteiger charge is -2.14. The molecule has 0 saturated heterocycles. The molecule has 3 aromatic heterocycles. The molecular weight excluding hydrogens is 703 g/mol. The molecule has 0 fully saturated rings. The Morgan fingerprint density at radius 1 is 0.321 bits per heavy atom. The summed E-state index contributed by atoms with van der Waals surface area (Å²) in [4.78, 5) is 15.8. The number of furan rings is 1. The molecule has 262 valence electrons. The highest BCUT2D eigenvalue weighted by molar-refractivity contribution is 7.26. The van der Waals surface area contributed by atoms with Gasteiger partial charge in [-0.25, -0.2) is 15.0 Å². The van der Waals surface area contributed by atoms with Gasteiger partial charge in [0.25, 0.3) is 0 Å². The van der Waals surface area contributed by atoms with Gasteiger partial charge in [0.1, 0.15) is 11.2 Å². The van der Waals surface area contributed by atoms with Gasteiger partial charge in [0, 0.05) is 47.6 Å². The van der Waals surface area contributed by atoms with Gasteiger partial charge in [-0.3, -0.25) is 0 Å². The van der Waals surface area contributed by atoms with Crippen molar-refractivity contribution in [3.05, 3.63) is 188 Å². The van der Waals surface area contributed by atoms with E-state index in [0.29, 0.717) is 17.5 Å². The molecule has 0 N–H and O–H groups in total. The van der Waals surface area contributed by atoms with Crippen LogP contribution in [0.2, 0.25) is 0 Å². The van der Waals surface area contributed by atoms with E-state index in [9.17, 15) is 0 Å². The Bertz CT molecular complexity index is 3250. The molecule has 4 nitrogen and oxygen atoms in total. The fourth-order valence-corrected chi connectivity index (χ4v) is 9.10. The topological polar surface area (TPSA) is 51.8 Å². The van der Waals surface area contributed by atoms with E-state index in [-0.39, 0.29) is 0 Å². The number of para-hydroxylation sites is 1. The third-order valence-electron chi connectivity index (χ3n) is 10.6. The summed E-state index contributed by atoms with van der Waals surface area (Å²) in [5.41, 5.74) is 11.3. The van der Waals surface area contributed by atoms with Crippen molar-refractivity contribution in [2.45, 2.75) is 0 Å². The van der Waals surface area contributed by atoms with Crippen molar-refractivity contribution >= 4 is 53.4 Å². The van der Waals surface area contributed by atoms with Gasteiger partial charge in [-0.2, -0.15) is 0 Å². The van der Waals surface area contributed by atoms with Crippen molar-refractivity contribution < 1.29 is 4.42 Å². The van der Waals surface area contributed by atoms with Gasteiger partial charge in [-0.15, -0.1) is 11.3 Å². The third-order valence-corrected chi connectivity index (χ3v) is 11.8. The van der Waals surface area contributed by atoms with E-state index in [1.165, 1.54) is 20.2 Å². The molecule has 0 aliphatic heterocycles. The van der Waals surface area contributed by atoms with E-state index >= 15 is 0 Å². The molecule has 0 bridgehead atoms. The average molecular weight is 734 g/mol. The van der Waals surface area contributed by atoms with Crippen LogP contribution < -0.4 is 0 Å². The number of aromatic nitrogens is 3. The highest BCUT2D eigenvalue weighted by Gasteiger charge is 2.20. The van der Waals surface area contributed by atoms with Crippen molar-refractivity contribution in [2.24, 2.45) is 0 Å². The third kappa shape index (κ3) is 5.48. The first-order valence-electron chi connectivity index (χ1n) is 18.7. The minimum atomic E-state index is 0.628. The predicted molar refractivity (Wildman–Crippen MR) is 233 cm³/mol. The Hall–Kier alpha value is -7.21. The molecule has 0 radical (unpaired) electrons. The zero-order valence-corrected chi connectivity index (χ0v) is 30.9. The normalized spacial score (nSPS) is 11.6. The number of hydrogen-bond acceptors (Lipinski definition) is 5. The highest BCUT2D eigenvalue weighted by atomic mass is 32.1. The largest absolute Gasteiger partial charge is 0.456 e.